The van der Waals surface area contributed by atoms with Gasteiger partial charge in [0.05, 0.1) is 5.69 Å². The summed E-state index contributed by atoms with van der Waals surface area (Å²) in [6, 6.07) is 0. The van der Waals surface area contributed by atoms with Gasteiger partial charge in [-0.2, -0.15) is 0 Å². The normalized spacial score (nSPS) is 8.33. The average molecular weight is 186 g/mol. The molecule has 0 saturated heterocycles. The van der Waals surface area contributed by atoms with E-state index in [1.807, 2.05) is 27.7 Å². The molecule has 0 fully saturated rings. The maximum atomic E-state index is 9.95. The lowest BCUT2D eigenvalue weighted by molar-refractivity contribution is -0.105. The molecule has 68 valence electrons. The van der Waals surface area contributed by atoms with Crippen LogP contribution in [0.3, 0.4) is 0 Å². The molecule has 0 unspecified atom stereocenters. The fourth-order valence-electron chi connectivity index (χ4n) is 0.585. The Morgan fingerprint density at radius 1 is 1.42 bits per heavy atom. The molecule has 1 aromatic rings. The summed E-state index contributed by atoms with van der Waals surface area (Å²) in [4.78, 5) is 15.2. The van der Waals surface area contributed by atoms with E-state index in [0.717, 1.165) is 10.6 Å². The minimum Gasteiger partial charge on any atom is -0.305 e. The Labute approximate surface area is 76.8 Å². The standard InChI is InChI=1S/C6H8N2OS.C2H6/c1-4-5(2)10-6(8-4)7-3-9;1-2/h3H,1-2H3,(H,7,8,9);1-2H3. The summed E-state index contributed by atoms with van der Waals surface area (Å²) in [5.74, 6) is 0. The van der Waals surface area contributed by atoms with Gasteiger partial charge in [0.1, 0.15) is 0 Å². The van der Waals surface area contributed by atoms with Gasteiger partial charge < -0.3 is 5.32 Å². The molecule has 0 aromatic carbocycles. The summed E-state index contributed by atoms with van der Waals surface area (Å²) in [6.45, 7) is 7.89. The van der Waals surface area contributed by atoms with E-state index in [1.54, 1.807) is 0 Å². The van der Waals surface area contributed by atoms with Gasteiger partial charge in [-0.15, -0.1) is 11.3 Å². The zero-order valence-electron chi connectivity index (χ0n) is 7.84. The maximum absolute atomic E-state index is 9.95. The Bertz CT molecular complexity index is 226. The molecule has 0 atom stereocenters. The average Bonchev–Trinajstić information content (AvgIpc) is 2.36. The Kier molecular flexibility index (Phi) is 5.28. The highest BCUT2D eigenvalue weighted by molar-refractivity contribution is 7.15. The molecule has 1 rings (SSSR count). The summed E-state index contributed by atoms with van der Waals surface area (Å²) in [5.41, 5.74) is 0.981. The smallest absolute Gasteiger partial charge is 0.213 e. The van der Waals surface area contributed by atoms with Crippen molar-refractivity contribution in [2.75, 3.05) is 5.32 Å². The SMILES string of the molecule is CC.Cc1nc(NC=O)sc1C. The molecule has 1 amide bonds. The zero-order valence-corrected chi connectivity index (χ0v) is 8.66. The number of carbonyl (C=O) groups excluding carboxylic acids is 1. The molecule has 3 nitrogen and oxygen atoms in total. The van der Waals surface area contributed by atoms with Crippen molar-refractivity contribution in [3.8, 4) is 0 Å². The van der Waals surface area contributed by atoms with E-state index in [9.17, 15) is 4.79 Å². The van der Waals surface area contributed by atoms with E-state index in [0.29, 0.717) is 11.5 Å². The fourth-order valence-corrected chi connectivity index (χ4v) is 1.36. The molecular formula is C8H14N2OS. The molecule has 0 aliphatic rings. The van der Waals surface area contributed by atoms with Gasteiger partial charge in [-0.25, -0.2) is 4.98 Å². The Morgan fingerprint density at radius 3 is 2.33 bits per heavy atom. The number of rotatable bonds is 2. The summed E-state index contributed by atoms with van der Waals surface area (Å²) in [6.07, 6.45) is 0.637. The van der Waals surface area contributed by atoms with E-state index in [4.69, 9.17) is 0 Å². The molecule has 0 radical (unpaired) electrons. The topological polar surface area (TPSA) is 42.0 Å². The zero-order chi connectivity index (χ0) is 9.56. The monoisotopic (exact) mass is 186 g/mol. The molecule has 0 spiro atoms. The molecule has 4 heteroatoms. The summed E-state index contributed by atoms with van der Waals surface area (Å²) < 4.78 is 0. The van der Waals surface area contributed by atoms with Crippen LogP contribution < -0.4 is 5.32 Å². The van der Waals surface area contributed by atoms with Gasteiger partial charge in [-0.3, -0.25) is 4.79 Å². The van der Waals surface area contributed by atoms with Crippen molar-refractivity contribution in [1.29, 1.82) is 0 Å². The molecule has 0 bridgehead atoms. The van der Waals surface area contributed by atoms with Crippen LogP contribution in [0, 0.1) is 13.8 Å². The van der Waals surface area contributed by atoms with Crippen molar-refractivity contribution >= 4 is 22.9 Å². The van der Waals surface area contributed by atoms with Crippen LogP contribution in [-0.4, -0.2) is 11.4 Å². The van der Waals surface area contributed by atoms with E-state index in [2.05, 4.69) is 10.3 Å². The van der Waals surface area contributed by atoms with Crippen LogP contribution in [0.25, 0.3) is 0 Å². The molecule has 0 saturated carbocycles. The van der Waals surface area contributed by atoms with Crippen LogP contribution >= 0.6 is 11.3 Å². The summed E-state index contributed by atoms with van der Waals surface area (Å²) >= 11 is 1.49. The number of anilines is 1. The van der Waals surface area contributed by atoms with E-state index >= 15 is 0 Å². The lowest BCUT2D eigenvalue weighted by Gasteiger charge is -1.84. The number of thiazole rings is 1. The number of amides is 1. The van der Waals surface area contributed by atoms with Crippen molar-refractivity contribution in [3.05, 3.63) is 10.6 Å². The van der Waals surface area contributed by atoms with Gasteiger partial charge in [0, 0.05) is 4.88 Å². The summed E-state index contributed by atoms with van der Waals surface area (Å²) in [7, 11) is 0. The van der Waals surface area contributed by atoms with Gasteiger partial charge in [0.15, 0.2) is 5.13 Å². The van der Waals surface area contributed by atoms with Crippen molar-refractivity contribution in [3.63, 3.8) is 0 Å². The molecule has 0 aliphatic heterocycles. The number of hydrogen-bond acceptors (Lipinski definition) is 3. The lowest BCUT2D eigenvalue weighted by atomic mass is 10.4. The third-order valence-corrected chi connectivity index (χ3v) is 2.22. The van der Waals surface area contributed by atoms with E-state index in [-0.39, 0.29) is 0 Å². The predicted octanol–water partition coefficient (Wildman–Crippen LogP) is 2.35. The van der Waals surface area contributed by atoms with Gasteiger partial charge in [0.2, 0.25) is 6.41 Å². The van der Waals surface area contributed by atoms with Gasteiger partial charge in [-0.1, -0.05) is 13.8 Å². The number of nitrogens with zero attached hydrogens (tertiary/aromatic N) is 1. The minimum absolute atomic E-state index is 0.637. The number of hydrogen-bond donors (Lipinski definition) is 1. The first kappa shape index (κ1) is 11.1. The second-order valence-corrected chi connectivity index (χ2v) is 3.13. The molecule has 0 aliphatic carbocycles. The van der Waals surface area contributed by atoms with Gasteiger partial charge >= 0.3 is 0 Å². The van der Waals surface area contributed by atoms with Crippen molar-refractivity contribution in [2.24, 2.45) is 0 Å². The second kappa shape index (κ2) is 5.71. The van der Waals surface area contributed by atoms with E-state index < -0.39 is 0 Å². The number of nitrogens with one attached hydrogen (secondary N) is 1. The van der Waals surface area contributed by atoms with E-state index in [1.165, 1.54) is 11.3 Å². The second-order valence-electron chi connectivity index (χ2n) is 1.92. The van der Waals surface area contributed by atoms with Crippen LogP contribution in [0.5, 0.6) is 0 Å². The minimum atomic E-state index is 0.637. The van der Waals surface area contributed by atoms with Crippen molar-refractivity contribution in [1.82, 2.24) is 4.98 Å². The number of aromatic nitrogens is 1. The molecule has 1 N–H and O–H groups in total. The maximum Gasteiger partial charge on any atom is 0.213 e. The van der Waals surface area contributed by atoms with Crippen LogP contribution in [0.2, 0.25) is 0 Å². The highest BCUT2D eigenvalue weighted by Crippen LogP contribution is 2.19. The highest BCUT2D eigenvalue weighted by atomic mass is 32.1. The predicted molar refractivity (Wildman–Crippen MR) is 52.6 cm³/mol. The lowest BCUT2D eigenvalue weighted by Crippen LogP contribution is -1.91. The first-order valence-electron chi connectivity index (χ1n) is 3.88. The van der Waals surface area contributed by atoms with Crippen molar-refractivity contribution in [2.45, 2.75) is 27.7 Å². The molecule has 12 heavy (non-hydrogen) atoms. The van der Waals surface area contributed by atoms with Crippen LogP contribution in [0.4, 0.5) is 5.13 Å². The fraction of sp³-hybridized carbons (Fsp3) is 0.500. The quantitative estimate of drug-likeness (QED) is 0.720. The van der Waals surface area contributed by atoms with Crippen LogP contribution in [0.15, 0.2) is 0 Å². The third-order valence-electron chi connectivity index (χ3n) is 1.21. The van der Waals surface area contributed by atoms with Crippen LogP contribution in [0.1, 0.15) is 24.4 Å². The summed E-state index contributed by atoms with van der Waals surface area (Å²) in [5, 5.41) is 3.17. The highest BCUT2D eigenvalue weighted by Gasteiger charge is 2.00. The Hall–Kier alpha value is -0.900. The van der Waals surface area contributed by atoms with Gasteiger partial charge in [-0.05, 0) is 13.8 Å². The Balaban J connectivity index is 0.000000561. The first-order chi connectivity index (χ1) is 5.74. The molecule has 1 heterocycles. The van der Waals surface area contributed by atoms with Crippen LogP contribution in [-0.2, 0) is 4.79 Å². The Morgan fingerprint density at radius 2 is 2.00 bits per heavy atom. The molecule has 1 aromatic heterocycles. The number of carbonyl (C=O) groups is 1. The number of aryl methyl sites for hydroxylation is 2. The molecular weight excluding hydrogens is 172 g/mol. The van der Waals surface area contributed by atoms with Crippen molar-refractivity contribution < 1.29 is 4.79 Å². The van der Waals surface area contributed by atoms with Gasteiger partial charge in [0.25, 0.3) is 0 Å². The first-order valence-corrected chi connectivity index (χ1v) is 4.70. The third kappa shape index (κ3) is 3.00. The largest absolute Gasteiger partial charge is 0.305 e.